The zero-order chi connectivity index (χ0) is 15.8. The van der Waals surface area contributed by atoms with Gasteiger partial charge in [0, 0.05) is 28.1 Å². The normalized spacial score (nSPS) is 17.6. The topological polar surface area (TPSA) is 50.8 Å². The number of halogens is 1. The predicted molar refractivity (Wildman–Crippen MR) is 90.7 cm³/mol. The maximum absolute atomic E-state index is 9.15. The van der Waals surface area contributed by atoms with Crippen LogP contribution in [0.25, 0.3) is 0 Å². The van der Waals surface area contributed by atoms with Crippen LogP contribution in [0.2, 0.25) is 5.02 Å². The summed E-state index contributed by atoms with van der Waals surface area (Å²) in [5.41, 5.74) is 0. The van der Waals surface area contributed by atoms with E-state index in [-0.39, 0.29) is 5.92 Å². The van der Waals surface area contributed by atoms with Crippen molar-refractivity contribution in [3.63, 3.8) is 0 Å². The van der Waals surface area contributed by atoms with Gasteiger partial charge in [0.05, 0.1) is 18.1 Å². The molecule has 1 aromatic carbocycles. The monoisotopic (exact) mass is 333 g/mol. The standard InChI is InChI=1S/C17H20ClN3S/c18-15-3-5-16(6-4-15)22-17-7-10-21(11-8-17)13-14(12-20)2-1-9-19/h3-6,14,17H,1-2,7-8,10-11,13H2/t14-/m1/s1. The van der Waals surface area contributed by atoms with Gasteiger partial charge in [-0.3, -0.25) is 0 Å². The molecule has 1 atom stereocenters. The Bertz CT molecular complexity index is 539. The minimum Gasteiger partial charge on any atom is -0.302 e. The van der Waals surface area contributed by atoms with Crippen molar-refractivity contribution in [2.45, 2.75) is 35.8 Å². The van der Waals surface area contributed by atoms with E-state index in [2.05, 4.69) is 29.2 Å². The molecule has 0 saturated carbocycles. The fourth-order valence-electron chi connectivity index (χ4n) is 2.66. The van der Waals surface area contributed by atoms with Crippen molar-refractivity contribution >= 4 is 23.4 Å². The summed E-state index contributed by atoms with van der Waals surface area (Å²) < 4.78 is 0. The van der Waals surface area contributed by atoms with Crippen molar-refractivity contribution in [2.24, 2.45) is 5.92 Å². The molecule has 116 valence electrons. The molecule has 0 spiro atoms. The number of thioether (sulfide) groups is 1. The third-order valence-corrected chi connectivity index (χ3v) is 5.52. The number of benzene rings is 1. The van der Waals surface area contributed by atoms with Gasteiger partial charge in [0.1, 0.15) is 0 Å². The molecule has 1 saturated heterocycles. The third kappa shape index (κ3) is 5.54. The van der Waals surface area contributed by atoms with Crippen LogP contribution < -0.4 is 0 Å². The number of likely N-dealkylation sites (tertiary alicyclic amines) is 1. The average Bonchev–Trinajstić information content (AvgIpc) is 2.55. The van der Waals surface area contributed by atoms with Crippen LogP contribution in [0.15, 0.2) is 29.2 Å². The van der Waals surface area contributed by atoms with Gasteiger partial charge in [-0.2, -0.15) is 10.5 Å². The molecule has 1 fully saturated rings. The molecule has 3 nitrogen and oxygen atoms in total. The summed E-state index contributed by atoms with van der Waals surface area (Å²) in [6, 6.07) is 12.5. The summed E-state index contributed by atoms with van der Waals surface area (Å²) in [6.07, 6.45) is 3.45. The van der Waals surface area contributed by atoms with E-state index >= 15 is 0 Å². The van der Waals surface area contributed by atoms with Gasteiger partial charge in [-0.1, -0.05) is 11.6 Å². The molecule has 0 bridgehead atoms. The van der Waals surface area contributed by atoms with Gasteiger partial charge in [0.25, 0.3) is 0 Å². The minimum absolute atomic E-state index is 0.0138. The van der Waals surface area contributed by atoms with Gasteiger partial charge < -0.3 is 4.90 Å². The number of rotatable bonds is 6. The molecule has 22 heavy (non-hydrogen) atoms. The highest BCUT2D eigenvalue weighted by molar-refractivity contribution is 8.00. The van der Waals surface area contributed by atoms with E-state index in [4.69, 9.17) is 22.1 Å². The SMILES string of the molecule is N#CCC[C@H](C#N)CN1CCC(Sc2ccc(Cl)cc2)CC1. The van der Waals surface area contributed by atoms with Crippen molar-refractivity contribution < 1.29 is 0 Å². The van der Waals surface area contributed by atoms with Crippen molar-refractivity contribution in [3.8, 4) is 12.1 Å². The Morgan fingerprint density at radius 2 is 1.91 bits per heavy atom. The van der Waals surface area contributed by atoms with Crippen LogP contribution in [0.5, 0.6) is 0 Å². The Labute approximate surface area is 141 Å². The molecule has 1 aliphatic heterocycles. The maximum Gasteiger partial charge on any atom is 0.0669 e. The number of nitriles is 2. The highest BCUT2D eigenvalue weighted by Crippen LogP contribution is 2.31. The van der Waals surface area contributed by atoms with E-state index in [1.807, 2.05) is 23.9 Å². The summed E-state index contributed by atoms with van der Waals surface area (Å²) in [5, 5.41) is 19.2. The van der Waals surface area contributed by atoms with Crippen molar-refractivity contribution in [3.05, 3.63) is 29.3 Å². The fraction of sp³-hybridized carbons (Fsp3) is 0.529. The molecular weight excluding hydrogens is 314 g/mol. The second kappa shape index (κ2) is 9.06. The Morgan fingerprint density at radius 1 is 1.23 bits per heavy atom. The second-order valence-electron chi connectivity index (χ2n) is 5.59. The fourth-order valence-corrected chi connectivity index (χ4v) is 3.91. The number of piperidine rings is 1. The van der Waals surface area contributed by atoms with Crippen LogP contribution in [-0.4, -0.2) is 29.8 Å². The van der Waals surface area contributed by atoms with Gasteiger partial charge in [-0.25, -0.2) is 0 Å². The molecule has 5 heteroatoms. The lowest BCUT2D eigenvalue weighted by Gasteiger charge is -2.32. The van der Waals surface area contributed by atoms with Crippen LogP contribution in [-0.2, 0) is 0 Å². The van der Waals surface area contributed by atoms with Gasteiger partial charge in [-0.15, -0.1) is 11.8 Å². The van der Waals surface area contributed by atoms with Crippen LogP contribution in [0.1, 0.15) is 25.7 Å². The van der Waals surface area contributed by atoms with Crippen LogP contribution in [0.4, 0.5) is 0 Å². The quantitative estimate of drug-likeness (QED) is 0.777. The molecule has 0 aliphatic carbocycles. The van der Waals surface area contributed by atoms with E-state index in [0.717, 1.165) is 37.5 Å². The molecule has 0 unspecified atom stereocenters. The lowest BCUT2D eigenvalue weighted by molar-refractivity contribution is 0.211. The molecular formula is C17H20ClN3S. The first kappa shape index (κ1) is 17.2. The Balaban J connectivity index is 1.74. The van der Waals surface area contributed by atoms with Gasteiger partial charge in [0.15, 0.2) is 0 Å². The molecule has 0 radical (unpaired) electrons. The molecule has 1 heterocycles. The third-order valence-electron chi connectivity index (χ3n) is 3.92. The number of hydrogen-bond acceptors (Lipinski definition) is 4. The first-order valence-corrected chi connectivity index (χ1v) is 8.88. The van der Waals surface area contributed by atoms with E-state index in [1.165, 1.54) is 4.90 Å². The highest BCUT2D eigenvalue weighted by atomic mass is 35.5. The summed E-state index contributed by atoms with van der Waals surface area (Å²) in [4.78, 5) is 3.64. The van der Waals surface area contributed by atoms with Crippen LogP contribution in [0, 0.1) is 28.6 Å². The van der Waals surface area contributed by atoms with E-state index in [1.54, 1.807) is 0 Å². The summed E-state index contributed by atoms with van der Waals surface area (Å²) in [6.45, 7) is 2.88. The predicted octanol–water partition coefficient (Wildman–Crippen LogP) is 4.34. The van der Waals surface area contributed by atoms with E-state index in [9.17, 15) is 0 Å². The van der Waals surface area contributed by atoms with Gasteiger partial charge >= 0.3 is 0 Å². The highest BCUT2D eigenvalue weighted by Gasteiger charge is 2.22. The molecule has 0 aromatic heterocycles. The lowest BCUT2D eigenvalue weighted by Crippen LogP contribution is -2.37. The maximum atomic E-state index is 9.15. The average molecular weight is 334 g/mol. The molecule has 0 amide bonds. The summed E-state index contributed by atoms with van der Waals surface area (Å²) in [5.74, 6) is -0.0138. The van der Waals surface area contributed by atoms with Crippen molar-refractivity contribution in [2.75, 3.05) is 19.6 Å². The Kier molecular flexibility index (Phi) is 7.06. The first-order valence-electron chi connectivity index (χ1n) is 7.62. The zero-order valence-electron chi connectivity index (χ0n) is 12.5. The summed E-state index contributed by atoms with van der Waals surface area (Å²) in [7, 11) is 0. The van der Waals surface area contributed by atoms with Crippen LogP contribution >= 0.6 is 23.4 Å². The molecule has 1 aromatic rings. The van der Waals surface area contributed by atoms with Crippen LogP contribution in [0.3, 0.4) is 0 Å². The molecule has 1 aliphatic rings. The number of nitrogens with zero attached hydrogens (tertiary/aromatic N) is 3. The van der Waals surface area contributed by atoms with Gasteiger partial charge in [0.2, 0.25) is 0 Å². The minimum atomic E-state index is -0.0138. The first-order chi connectivity index (χ1) is 10.7. The van der Waals surface area contributed by atoms with E-state index < -0.39 is 0 Å². The van der Waals surface area contributed by atoms with Crippen molar-refractivity contribution in [1.29, 1.82) is 10.5 Å². The zero-order valence-corrected chi connectivity index (χ0v) is 14.1. The Hall–Kier alpha value is -1.20. The Morgan fingerprint density at radius 3 is 2.50 bits per heavy atom. The van der Waals surface area contributed by atoms with Gasteiger partial charge in [-0.05, 0) is 56.6 Å². The second-order valence-corrected chi connectivity index (χ2v) is 7.40. The number of hydrogen-bond donors (Lipinski definition) is 0. The van der Waals surface area contributed by atoms with E-state index in [0.29, 0.717) is 18.1 Å². The molecule has 2 rings (SSSR count). The molecule has 0 N–H and O–H groups in total. The van der Waals surface area contributed by atoms with Crippen molar-refractivity contribution in [1.82, 2.24) is 4.90 Å². The largest absolute Gasteiger partial charge is 0.302 e. The smallest absolute Gasteiger partial charge is 0.0669 e. The summed E-state index contributed by atoms with van der Waals surface area (Å²) >= 11 is 7.83. The lowest BCUT2D eigenvalue weighted by atomic mass is 10.0.